The summed E-state index contributed by atoms with van der Waals surface area (Å²) in [5.74, 6) is 0. The van der Waals surface area contributed by atoms with Crippen LogP contribution in [0.1, 0.15) is 18.4 Å². The van der Waals surface area contributed by atoms with Crippen molar-refractivity contribution in [3.8, 4) is 6.07 Å². The molecule has 0 aromatic heterocycles. The number of β-amino-alcohol motifs (C(OH)–C–C–N with tert-alkyl or cyclic N) is 1. The van der Waals surface area contributed by atoms with E-state index in [4.69, 9.17) is 0 Å². The highest BCUT2D eigenvalue weighted by Crippen LogP contribution is 2.21. The summed E-state index contributed by atoms with van der Waals surface area (Å²) >= 11 is 0. The third kappa shape index (κ3) is 4.32. The van der Waals surface area contributed by atoms with Crippen molar-refractivity contribution >= 4 is 5.69 Å². The zero-order chi connectivity index (χ0) is 15.1. The van der Waals surface area contributed by atoms with Gasteiger partial charge in [-0.3, -0.25) is 4.90 Å². The number of aliphatic hydroxyl groups is 1. The van der Waals surface area contributed by atoms with E-state index in [1.54, 1.807) is 0 Å². The molecular formula is C17H23N3O. The summed E-state index contributed by atoms with van der Waals surface area (Å²) in [6.45, 7) is 8.04. The van der Waals surface area contributed by atoms with Gasteiger partial charge in [0.1, 0.15) is 6.07 Å². The molecule has 1 aliphatic rings. The molecule has 1 fully saturated rings. The highest BCUT2D eigenvalue weighted by molar-refractivity contribution is 5.59. The number of aliphatic hydroxyl groups excluding tert-OH is 1. The van der Waals surface area contributed by atoms with E-state index in [1.165, 1.54) is 0 Å². The van der Waals surface area contributed by atoms with Crippen molar-refractivity contribution in [3.05, 3.63) is 42.5 Å². The predicted octanol–water partition coefficient (Wildman–Crippen LogP) is 2.01. The molecular weight excluding hydrogens is 262 g/mol. The van der Waals surface area contributed by atoms with Crippen molar-refractivity contribution in [2.45, 2.75) is 18.9 Å². The van der Waals surface area contributed by atoms with Crippen molar-refractivity contribution in [3.63, 3.8) is 0 Å². The normalized spacial score (nSPS) is 17.2. The second-order valence-corrected chi connectivity index (χ2v) is 5.44. The van der Waals surface area contributed by atoms with Gasteiger partial charge in [0.15, 0.2) is 0 Å². The molecule has 112 valence electrons. The third-order valence-corrected chi connectivity index (χ3v) is 3.91. The van der Waals surface area contributed by atoms with E-state index >= 15 is 0 Å². The SMILES string of the molecule is C=CCC[C@H](O)CN1CCN(c2ccccc2C#N)CC1. The minimum Gasteiger partial charge on any atom is -0.392 e. The number of anilines is 1. The van der Waals surface area contributed by atoms with Crippen LogP contribution >= 0.6 is 0 Å². The van der Waals surface area contributed by atoms with Crippen LogP contribution in [0.15, 0.2) is 36.9 Å². The number of nitrogens with zero attached hydrogens (tertiary/aromatic N) is 3. The molecule has 1 aliphatic heterocycles. The Morgan fingerprint density at radius 1 is 1.29 bits per heavy atom. The molecule has 1 N–H and O–H groups in total. The van der Waals surface area contributed by atoms with Crippen molar-refractivity contribution in [1.29, 1.82) is 5.26 Å². The summed E-state index contributed by atoms with van der Waals surface area (Å²) in [4.78, 5) is 4.55. The number of allylic oxidation sites excluding steroid dienone is 1. The monoisotopic (exact) mass is 285 g/mol. The smallest absolute Gasteiger partial charge is 0.101 e. The van der Waals surface area contributed by atoms with E-state index in [1.807, 2.05) is 30.3 Å². The minimum absolute atomic E-state index is 0.277. The maximum atomic E-state index is 9.95. The maximum Gasteiger partial charge on any atom is 0.101 e. The van der Waals surface area contributed by atoms with E-state index in [0.717, 1.165) is 56.8 Å². The van der Waals surface area contributed by atoms with Crippen LogP contribution in [0, 0.1) is 11.3 Å². The van der Waals surface area contributed by atoms with Crippen LogP contribution in [0.2, 0.25) is 0 Å². The Morgan fingerprint density at radius 2 is 2.00 bits per heavy atom. The summed E-state index contributed by atoms with van der Waals surface area (Å²) in [7, 11) is 0. The maximum absolute atomic E-state index is 9.95. The average Bonchev–Trinajstić information content (AvgIpc) is 2.53. The van der Waals surface area contributed by atoms with Crippen molar-refractivity contribution in [1.82, 2.24) is 4.90 Å². The van der Waals surface area contributed by atoms with Gasteiger partial charge in [0.25, 0.3) is 0 Å². The summed E-state index contributed by atoms with van der Waals surface area (Å²) in [5.41, 5.74) is 1.75. The molecule has 2 rings (SSSR count). The van der Waals surface area contributed by atoms with Crippen LogP contribution in [-0.4, -0.2) is 48.8 Å². The van der Waals surface area contributed by atoms with E-state index in [2.05, 4.69) is 22.4 Å². The molecule has 0 radical (unpaired) electrons. The molecule has 0 spiro atoms. The van der Waals surface area contributed by atoms with Gasteiger partial charge in [0, 0.05) is 32.7 Å². The number of rotatable bonds is 6. The van der Waals surface area contributed by atoms with Gasteiger partial charge in [-0.1, -0.05) is 18.2 Å². The Labute approximate surface area is 126 Å². The first kappa shape index (κ1) is 15.6. The summed E-state index contributed by atoms with van der Waals surface area (Å²) in [5, 5.41) is 19.1. The fourth-order valence-electron chi connectivity index (χ4n) is 2.71. The number of benzene rings is 1. The molecule has 1 saturated heterocycles. The highest BCUT2D eigenvalue weighted by atomic mass is 16.3. The number of hydrogen-bond acceptors (Lipinski definition) is 4. The van der Waals surface area contributed by atoms with Gasteiger partial charge in [-0.2, -0.15) is 5.26 Å². The molecule has 0 amide bonds. The number of nitriles is 1. The standard InChI is InChI=1S/C17H23N3O/c1-2-3-7-16(21)14-19-9-11-20(12-10-19)17-8-5-4-6-15(17)13-18/h2,4-6,8,16,21H,1,3,7,9-12,14H2/t16-/m0/s1. The predicted molar refractivity (Wildman–Crippen MR) is 85.2 cm³/mol. The van der Waals surface area contributed by atoms with Crippen molar-refractivity contribution in [2.24, 2.45) is 0 Å². The van der Waals surface area contributed by atoms with Gasteiger partial charge in [-0.15, -0.1) is 6.58 Å². The van der Waals surface area contributed by atoms with Crippen LogP contribution in [0.25, 0.3) is 0 Å². The van der Waals surface area contributed by atoms with Crippen LogP contribution in [0.3, 0.4) is 0 Å². The Morgan fingerprint density at radius 3 is 2.67 bits per heavy atom. The molecule has 0 aliphatic carbocycles. The lowest BCUT2D eigenvalue weighted by molar-refractivity contribution is 0.103. The zero-order valence-corrected chi connectivity index (χ0v) is 12.4. The van der Waals surface area contributed by atoms with E-state index in [-0.39, 0.29) is 6.10 Å². The zero-order valence-electron chi connectivity index (χ0n) is 12.4. The molecule has 1 heterocycles. The van der Waals surface area contributed by atoms with E-state index in [0.29, 0.717) is 0 Å². The van der Waals surface area contributed by atoms with Crippen molar-refractivity contribution < 1.29 is 5.11 Å². The average molecular weight is 285 g/mol. The molecule has 4 nitrogen and oxygen atoms in total. The van der Waals surface area contributed by atoms with Gasteiger partial charge < -0.3 is 10.0 Å². The quantitative estimate of drug-likeness (QED) is 0.812. The van der Waals surface area contributed by atoms with E-state index in [9.17, 15) is 10.4 Å². The fraction of sp³-hybridized carbons (Fsp3) is 0.471. The first-order chi connectivity index (χ1) is 10.2. The van der Waals surface area contributed by atoms with Gasteiger partial charge >= 0.3 is 0 Å². The first-order valence-electron chi connectivity index (χ1n) is 7.50. The largest absolute Gasteiger partial charge is 0.392 e. The highest BCUT2D eigenvalue weighted by Gasteiger charge is 2.20. The Hall–Kier alpha value is -1.83. The third-order valence-electron chi connectivity index (χ3n) is 3.91. The lowest BCUT2D eigenvalue weighted by Crippen LogP contribution is -2.48. The van der Waals surface area contributed by atoms with Gasteiger partial charge in [0.2, 0.25) is 0 Å². The van der Waals surface area contributed by atoms with Crippen molar-refractivity contribution in [2.75, 3.05) is 37.6 Å². The Bertz CT molecular complexity index is 501. The minimum atomic E-state index is -0.277. The Balaban J connectivity index is 1.86. The molecule has 21 heavy (non-hydrogen) atoms. The van der Waals surface area contributed by atoms with Crippen LogP contribution in [0.5, 0.6) is 0 Å². The second kappa shape index (κ2) is 7.82. The van der Waals surface area contributed by atoms with Crippen LogP contribution in [-0.2, 0) is 0 Å². The van der Waals surface area contributed by atoms with Crippen LogP contribution < -0.4 is 4.90 Å². The molecule has 1 aromatic carbocycles. The molecule has 1 aromatic rings. The number of piperazine rings is 1. The van der Waals surface area contributed by atoms with Gasteiger partial charge in [0.05, 0.1) is 17.4 Å². The molecule has 1 atom stereocenters. The summed E-state index contributed by atoms with van der Waals surface area (Å²) in [6, 6.07) is 9.99. The van der Waals surface area contributed by atoms with Gasteiger partial charge in [-0.25, -0.2) is 0 Å². The molecule has 0 bridgehead atoms. The van der Waals surface area contributed by atoms with Gasteiger partial charge in [-0.05, 0) is 25.0 Å². The number of hydrogen-bond donors (Lipinski definition) is 1. The fourth-order valence-corrected chi connectivity index (χ4v) is 2.71. The molecule has 4 heteroatoms. The topological polar surface area (TPSA) is 50.5 Å². The summed E-state index contributed by atoms with van der Waals surface area (Å²) < 4.78 is 0. The Kier molecular flexibility index (Phi) is 5.79. The lowest BCUT2D eigenvalue weighted by atomic mass is 10.1. The lowest BCUT2D eigenvalue weighted by Gasteiger charge is -2.37. The molecule has 0 saturated carbocycles. The van der Waals surface area contributed by atoms with Crippen LogP contribution in [0.4, 0.5) is 5.69 Å². The first-order valence-corrected chi connectivity index (χ1v) is 7.50. The van der Waals surface area contributed by atoms with E-state index < -0.39 is 0 Å². The second-order valence-electron chi connectivity index (χ2n) is 5.44. The summed E-state index contributed by atoms with van der Waals surface area (Å²) in [6.07, 6.45) is 3.21. The molecule has 0 unspecified atom stereocenters. The number of para-hydroxylation sites is 1.